The molecule has 0 aliphatic carbocycles. The normalized spacial score (nSPS) is 13.8. The van der Waals surface area contributed by atoms with Gasteiger partial charge >= 0.3 is 5.97 Å². The predicted molar refractivity (Wildman–Crippen MR) is 55.0 cm³/mol. The maximum absolute atomic E-state index is 10.8. The summed E-state index contributed by atoms with van der Waals surface area (Å²) in [4.78, 5) is 10.8. The Morgan fingerprint density at radius 1 is 1.50 bits per heavy atom. The third kappa shape index (κ3) is 8.01. The van der Waals surface area contributed by atoms with Gasteiger partial charge in [-0.1, -0.05) is 20.8 Å². The Bertz CT molecular complexity index is 175. The van der Waals surface area contributed by atoms with Crippen molar-refractivity contribution in [3.63, 3.8) is 0 Å². The van der Waals surface area contributed by atoms with Crippen molar-refractivity contribution in [1.29, 1.82) is 0 Å². The number of carbonyl (C=O) groups is 1. The highest BCUT2D eigenvalue weighted by molar-refractivity contribution is 5.69. The van der Waals surface area contributed by atoms with E-state index in [-0.39, 0.29) is 17.8 Å². The molecule has 0 aliphatic heterocycles. The molecule has 84 valence electrons. The Labute approximate surface area is 85.6 Å². The fraction of sp³-hybridized carbons (Fsp3) is 0.900. The van der Waals surface area contributed by atoms with Gasteiger partial charge in [-0.3, -0.25) is 4.79 Å². The van der Waals surface area contributed by atoms with Gasteiger partial charge in [0.05, 0.1) is 19.6 Å². The van der Waals surface area contributed by atoms with Crippen molar-refractivity contribution in [1.82, 2.24) is 5.32 Å². The lowest BCUT2D eigenvalue weighted by Gasteiger charge is -2.20. The van der Waals surface area contributed by atoms with Crippen LogP contribution in [0.2, 0.25) is 0 Å². The van der Waals surface area contributed by atoms with E-state index in [0.717, 1.165) is 6.54 Å². The van der Waals surface area contributed by atoms with Crippen LogP contribution in [0, 0.1) is 5.41 Å². The monoisotopic (exact) mass is 203 g/mol. The number of nitrogens with one attached hydrogen (secondary N) is 1. The minimum absolute atomic E-state index is 0.0492. The van der Waals surface area contributed by atoms with Crippen molar-refractivity contribution in [3.05, 3.63) is 0 Å². The molecule has 1 atom stereocenters. The van der Waals surface area contributed by atoms with Crippen molar-refractivity contribution < 1.29 is 14.6 Å². The van der Waals surface area contributed by atoms with E-state index < -0.39 is 6.10 Å². The summed E-state index contributed by atoms with van der Waals surface area (Å²) in [6, 6.07) is 0. The molecule has 0 fully saturated rings. The van der Waals surface area contributed by atoms with Gasteiger partial charge < -0.3 is 15.2 Å². The lowest BCUT2D eigenvalue weighted by molar-refractivity contribution is -0.142. The van der Waals surface area contributed by atoms with Gasteiger partial charge in [0.1, 0.15) is 0 Å². The minimum Gasteiger partial charge on any atom is -0.469 e. The Morgan fingerprint density at radius 2 is 2.07 bits per heavy atom. The molecule has 0 bridgehead atoms. The van der Waals surface area contributed by atoms with E-state index in [1.54, 1.807) is 0 Å². The van der Waals surface area contributed by atoms with E-state index in [4.69, 9.17) is 0 Å². The number of methoxy groups -OCH3 is 1. The molecule has 0 aliphatic rings. The topological polar surface area (TPSA) is 58.6 Å². The summed E-state index contributed by atoms with van der Waals surface area (Å²) in [7, 11) is 1.32. The second-order valence-electron chi connectivity index (χ2n) is 4.63. The lowest BCUT2D eigenvalue weighted by atomic mass is 9.97. The highest BCUT2D eigenvalue weighted by atomic mass is 16.5. The van der Waals surface area contributed by atoms with Gasteiger partial charge in [-0.15, -0.1) is 0 Å². The van der Waals surface area contributed by atoms with Crippen molar-refractivity contribution in [3.8, 4) is 0 Å². The SMILES string of the molecule is COC(=O)CC(O)CNCC(C)(C)C. The minimum atomic E-state index is -0.662. The van der Waals surface area contributed by atoms with Crippen LogP contribution in [0.4, 0.5) is 0 Å². The molecule has 0 spiro atoms. The van der Waals surface area contributed by atoms with Crippen LogP contribution < -0.4 is 5.32 Å². The van der Waals surface area contributed by atoms with E-state index in [2.05, 4.69) is 30.8 Å². The standard InChI is InChI=1S/C10H21NO3/c1-10(2,3)7-11-6-8(12)5-9(13)14-4/h8,11-12H,5-7H2,1-4H3. The third-order valence-corrected chi connectivity index (χ3v) is 1.67. The first-order valence-electron chi connectivity index (χ1n) is 4.81. The zero-order chi connectivity index (χ0) is 11.2. The highest BCUT2D eigenvalue weighted by Crippen LogP contribution is 2.10. The first-order valence-corrected chi connectivity index (χ1v) is 4.81. The predicted octanol–water partition coefficient (Wildman–Crippen LogP) is 0.546. The fourth-order valence-corrected chi connectivity index (χ4v) is 0.962. The van der Waals surface area contributed by atoms with Gasteiger partial charge in [-0.2, -0.15) is 0 Å². The average Bonchev–Trinajstić information content (AvgIpc) is 2.01. The van der Waals surface area contributed by atoms with Crippen LogP contribution in [0.5, 0.6) is 0 Å². The number of hydrogen-bond acceptors (Lipinski definition) is 4. The van der Waals surface area contributed by atoms with Crippen LogP contribution in [0.15, 0.2) is 0 Å². The van der Waals surface area contributed by atoms with Crippen molar-refractivity contribution >= 4 is 5.97 Å². The number of aliphatic hydroxyl groups is 1. The second kappa shape index (κ2) is 5.98. The van der Waals surface area contributed by atoms with Gasteiger partial charge in [0.2, 0.25) is 0 Å². The smallest absolute Gasteiger partial charge is 0.308 e. The number of aliphatic hydroxyl groups excluding tert-OH is 1. The Morgan fingerprint density at radius 3 is 2.50 bits per heavy atom. The summed E-state index contributed by atoms with van der Waals surface area (Å²) in [5, 5.41) is 12.5. The maximum atomic E-state index is 10.8. The highest BCUT2D eigenvalue weighted by Gasteiger charge is 2.13. The molecule has 0 saturated heterocycles. The maximum Gasteiger partial charge on any atom is 0.308 e. The summed E-state index contributed by atoms with van der Waals surface area (Å²) in [5.74, 6) is -0.380. The van der Waals surface area contributed by atoms with Crippen molar-refractivity contribution in [2.45, 2.75) is 33.3 Å². The van der Waals surface area contributed by atoms with E-state index >= 15 is 0 Å². The summed E-state index contributed by atoms with van der Waals surface area (Å²) in [6.45, 7) is 7.55. The van der Waals surface area contributed by atoms with E-state index in [9.17, 15) is 9.90 Å². The van der Waals surface area contributed by atoms with E-state index in [1.165, 1.54) is 7.11 Å². The quantitative estimate of drug-likeness (QED) is 0.640. The van der Waals surface area contributed by atoms with Gasteiger partial charge in [-0.05, 0) is 5.41 Å². The second-order valence-corrected chi connectivity index (χ2v) is 4.63. The van der Waals surface area contributed by atoms with Crippen LogP contribution >= 0.6 is 0 Å². The average molecular weight is 203 g/mol. The van der Waals surface area contributed by atoms with Crippen molar-refractivity contribution in [2.24, 2.45) is 5.41 Å². The molecule has 0 amide bonds. The number of esters is 1. The number of ether oxygens (including phenoxy) is 1. The van der Waals surface area contributed by atoms with Crippen LogP contribution in [0.1, 0.15) is 27.2 Å². The molecule has 0 aromatic heterocycles. The number of carbonyl (C=O) groups excluding carboxylic acids is 1. The number of hydrogen-bond donors (Lipinski definition) is 2. The van der Waals surface area contributed by atoms with Gasteiger partial charge in [0.15, 0.2) is 0 Å². The molecule has 0 aromatic rings. The molecule has 14 heavy (non-hydrogen) atoms. The van der Waals surface area contributed by atoms with Gasteiger partial charge in [0, 0.05) is 13.1 Å². The summed E-state index contributed by atoms with van der Waals surface area (Å²) in [6.07, 6.45) is -0.613. The third-order valence-electron chi connectivity index (χ3n) is 1.67. The first kappa shape index (κ1) is 13.4. The first-order chi connectivity index (χ1) is 6.35. The number of rotatable bonds is 5. The Hall–Kier alpha value is -0.610. The summed E-state index contributed by atoms with van der Waals surface area (Å²) >= 11 is 0. The zero-order valence-electron chi connectivity index (χ0n) is 9.46. The summed E-state index contributed by atoms with van der Waals surface area (Å²) in [5.41, 5.74) is 0.186. The van der Waals surface area contributed by atoms with Crippen LogP contribution in [-0.4, -0.2) is 37.4 Å². The summed E-state index contributed by atoms with van der Waals surface area (Å²) < 4.78 is 4.44. The molecule has 0 radical (unpaired) electrons. The Kier molecular flexibility index (Phi) is 5.72. The lowest BCUT2D eigenvalue weighted by Crippen LogP contribution is -2.34. The molecular formula is C10H21NO3. The molecule has 0 heterocycles. The van der Waals surface area contributed by atoms with E-state index in [1.807, 2.05) is 0 Å². The molecule has 4 heteroatoms. The molecule has 0 saturated carbocycles. The largest absolute Gasteiger partial charge is 0.469 e. The molecular weight excluding hydrogens is 182 g/mol. The molecule has 1 unspecified atom stereocenters. The molecule has 0 rings (SSSR count). The van der Waals surface area contributed by atoms with Crippen LogP contribution in [0.3, 0.4) is 0 Å². The van der Waals surface area contributed by atoms with Crippen molar-refractivity contribution in [2.75, 3.05) is 20.2 Å². The fourth-order valence-electron chi connectivity index (χ4n) is 0.962. The van der Waals surface area contributed by atoms with Gasteiger partial charge in [-0.25, -0.2) is 0 Å². The van der Waals surface area contributed by atoms with Crippen LogP contribution in [0.25, 0.3) is 0 Å². The van der Waals surface area contributed by atoms with Crippen LogP contribution in [-0.2, 0) is 9.53 Å². The molecule has 0 aromatic carbocycles. The Balaban J connectivity index is 3.54. The zero-order valence-corrected chi connectivity index (χ0v) is 9.46. The van der Waals surface area contributed by atoms with E-state index in [0.29, 0.717) is 6.54 Å². The molecule has 4 nitrogen and oxygen atoms in total. The molecule has 2 N–H and O–H groups in total. The van der Waals surface area contributed by atoms with Gasteiger partial charge in [0.25, 0.3) is 0 Å².